The molecule has 2 aromatic carbocycles. The van der Waals surface area contributed by atoms with Crippen LogP contribution in [0.4, 0.5) is 4.39 Å². The first-order valence-corrected chi connectivity index (χ1v) is 11.6. The maximum absolute atomic E-state index is 13.5. The molecule has 2 aliphatic heterocycles. The predicted molar refractivity (Wildman–Crippen MR) is 120 cm³/mol. The maximum atomic E-state index is 13.5. The van der Waals surface area contributed by atoms with Gasteiger partial charge in [-0.15, -0.1) is 0 Å². The average Bonchev–Trinajstić information content (AvgIpc) is 3.33. The summed E-state index contributed by atoms with van der Waals surface area (Å²) >= 11 is 0. The Morgan fingerprint density at radius 3 is 2.35 bits per heavy atom. The number of para-hydroxylation sites is 1. The van der Waals surface area contributed by atoms with Crippen molar-refractivity contribution >= 4 is 5.91 Å². The first kappa shape index (κ1) is 21.8. The number of phenolic OH excluding ortho intramolecular Hbond substituents is 1. The zero-order valence-corrected chi connectivity index (χ0v) is 18.2. The highest BCUT2D eigenvalue weighted by atomic mass is 19.1. The SMILES string of the molecule is O=C(CCc1ccc(CC2CCN(Cc3cccc(F)c3O)CC2)cc1)N1CCCC1. The van der Waals surface area contributed by atoms with Gasteiger partial charge in [0.15, 0.2) is 11.6 Å². The molecule has 0 bridgehead atoms. The number of amides is 1. The van der Waals surface area contributed by atoms with Gasteiger partial charge in [0.1, 0.15) is 0 Å². The maximum Gasteiger partial charge on any atom is 0.222 e. The molecule has 5 heteroatoms. The molecule has 0 saturated carbocycles. The van der Waals surface area contributed by atoms with E-state index in [4.69, 9.17) is 0 Å². The number of halogens is 1. The molecule has 0 radical (unpaired) electrons. The molecule has 0 aliphatic carbocycles. The summed E-state index contributed by atoms with van der Waals surface area (Å²) in [5.74, 6) is 0.183. The van der Waals surface area contributed by atoms with Gasteiger partial charge in [0.2, 0.25) is 5.91 Å². The van der Waals surface area contributed by atoms with Gasteiger partial charge < -0.3 is 10.0 Å². The molecule has 4 nitrogen and oxygen atoms in total. The Morgan fingerprint density at radius 2 is 1.65 bits per heavy atom. The Bertz CT molecular complexity index is 869. The lowest BCUT2D eigenvalue weighted by molar-refractivity contribution is -0.130. The van der Waals surface area contributed by atoms with Crippen molar-refractivity contribution in [3.8, 4) is 5.75 Å². The molecule has 0 spiro atoms. The van der Waals surface area contributed by atoms with Crippen molar-refractivity contribution < 1.29 is 14.3 Å². The lowest BCUT2D eigenvalue weighted by Crippen LogP contribution is -2.33. The minimum Gasteiger partial charge on any atom is -0.505 e. The number of nitrogens with zero attached hydrogens (tertiary/aromatic N) is 2. The smallest absolute Gasteiger partial charge is 0.222 e. The van der Waals surface area contributed by atoms with E-state index in [1.165, 1.54) is 17.2 Å². The number of carbonyl (C=O) groups is 1. The van der Waals surface area contributed by atoms with Crippen molar-refractivity contribution in [1.29, 1.82) is 0 Å². The van der Waals surface area contributed by atoms with Crippen LogP contribution in [0.15, 0.2) is 42.5 Å². The van der Waals surface area contributed by atoms with Gasteiger partial charge in [0.05, 0.1) is 0 Å². The van der Waals surface area contributed by atoms with Crippen molar-refractivity contribution in [3.05, 3.63) is 65.0 Å². The number of aromatic hydroxyl groups is 1. The molecular weight excluding hydrogens is 391 g/mol. The van der Waals surface area contributed by atoms with E-state index in [1.54, 1.807) is 12.1 Å². The van der Waals surface area contributed by atoms with Crippen LogP contribution in [-0.2, 0) is 24.2 Å². The van der Waals surface area contributed by atoms with Crippen LogP contribution >= 0.6 is 0 Å². The van der Waals surface area contributed by atoms with Crippen LogP contribution in [0.25, 0.3) is 0 Å². The summed E-state index contributed by atoms with van der Waals surface area (Å²) in [5.41, 5.74) is 3.26. The fourth-order valence-electron chi connectivity index (χ4n) is 4.83. The van der Waals surface area contributed by atoms with Crippen molar-refractivity contribution in [2.75, 3.05) is 26.2 Å². The number of phenols is 1. The van der Waals surface area contributed by atoms with Crippen LogP contribution in [-0.4, -0.2) is 47.0 Å². The van der Waals surface area contributed by atoms with E-state index in [1.807, 2.05) is 4.90 Å². The molecule has 1 amide bonds. The van der Waals surface area contributed by atoms with Gasteiger partial charge in [-0.3, -0.25) is 9.69 Å². The number of hydrogen-bond acceptors (Lipinski definition) is 3. The zero-order valence-electron chi connectivity index (χ0n) is 18.2. The van der Waals surface area contributed by atoms with Crippen LogP contribution in [0.1, 0.15) is 48.8 Å². The van der Waals surface area contributed by atoms with Gasteiger partial charge in [0.25, 0.3) is 0 Å². The second-order valence-corrected chi connectivity index (χ2v) is 9.08. The first-order chi connectivity index (χ1) is 15.1. The summed E-state index contributed by atoms with van der Waals surface area (Å²) in [4.78, 5) is 16.5. The lowest BCUT2D eigenvalue weighted by atomic mass is 9.89. The van der Waals surface area contributed by atoms with Gasteiger partial charge in [-0.2, -0.15) is 0 Å². The highest BCUT2D eigenvalue weighted by Crippen LogP contribution is 2.26. The molecule has 4 rings (SSSR count). The van der Waals surface area contributed by atoms with Gasteiger partial charge in [-0.25, -0.2) is 4.39 Å². The number of likely N-dealkylation sites (tertiary alicyclic amines) is 2. The normalized spacial score (nSPS) is 17.9. The highest BCUT2D eigenvalue weighted by molar-refractivity contribution is 5.76. The number of aryl methyl sites for hydroxylation is 1. The Morgan fingerprint density at radius 1 is 0.968 bits per heavy atom. The minimum absolute atomic E-state index is 0.216. The summed E-state index contributed by atoms with van der Waals surface area (Å²) in [5, 5.41) is 9.90. The number of carbonyl (C=O) groups excluding carboxylic acids is 1. The van der Waals surface area contributed by atoms with Crippen LogP contribution in [0.5, 0.6) is 5.75 Å². The molecule has 1 N–H and O–H groups in total. The topological polar surface area (TPSA) is 43.8 Å². The van der Waals surface area contributed by atoms with E-state index in [2.05, 4.69) is 29.2 Å². The second-order valence-electron chi connectivity index (χ2n) is 9.08. The molecular formula is C26H33FN2O2. The van der Waals surface area contributed by atoms with Crippen molar-refractivity contribution in [2.45, 2.75) is 51.5 Å². The van der Waals surface area contributed by atoms with Gasteiger partial charge in [0, 0.05) is 31.6 Å². The lowest BCUT2D eigenvalue weighted by Gasteiger charge is -2.32. The van der Waals surface area contributed by atoms with Crippen molar-refractivity contribution in [3.63, 3.8) is 0 Å². The van der Waals surface area contributed by atoms with Gasteiger partial charge in [-0.05, 0) is 74.7 Å². The molecule has 2 aromatic rings. The quantitative estimate of drug-likeness (QED) is 0.710. The number of rotatable bonds is 7. The second kappa shape index (κ2) is 10.3. The summed E-state index contributed by atoms with van der Waals surface area (Å²) in [6.45, 7) is 4.40. The predicted octanol–water partition coefficient (Wildman–Crippen LogP) is 4.54. The third-order valence-electron chi connectivity index (χ3n) is 6.81. The molecule has 2 saturated heterocycles. The van der Waals surface area contributed by atoms with E-state index in [-0.39, 0.29) is 5.75 Å². The molecule has 166 valence electrons. The van der Waals surface area contributed by atoms with Crippen molar-refractivity contribution in [2.24, 2.45) is 5.92 Å². The molecule has 0 unspecified atom stereocenters. The Balaban J connectivity index is 1.20. The number of piperidine rings is 1. The summed E-state index contributed by atoms with van der Waals surface area (Å²) in [7, 11) is 0. The molecule has 0 atom stereocenters. The number of benzene rings is 2. The standard InChI is InChI=1S/C26H33FN2O2/c27-24-5-3-4-23(26(24)31)19-28-16-12-22(13-17-28)18-21-8-6-20(7-9-21)10-11-25(30)29-14-1-2-15-29/h3-9,22,31H,1-2,10-19H2. The van der Waals surface area contributed by atoms with Crippen LogP contribution in [0.3, 0.4) is 0 Å². The summed E-state index contributed by atoms with van der Waals surface area (Å²) in [6, 6.07) is 13.5. The van der Waals surface area contributed by atoms with E-state index >= 15 is 0 Å². The fraction of sp³-hybridized carbons (Fsp3) is 0.500. The van der Waals surface area contributed by atoms with Crippen molar-refractivity contribution in [1.82, 2.24) is 9.80 Å². The van der Waals surface area contributed by atoms with Gasteiger partial charge in [-0.1, -0.05) is 36.4 Å². The Hall–Kier alpha value is -2.40. The summed E-state index contributed by atoms with van der Waals surface area (Å²) in [6.07, 6.45) is 7.02. The molecule has 0 aromatic heterocycles. The highest BCUT2D eigenvalue weighted by Gasteiger charge is 2.21. The van der Waals surface area contributed by atoms with Crippen LogP contribution in [0.2, 0.25) is 0 Å². The van der Waals surface area contributed by atoms with E-state index in [9.17, 15) is 14.3 Å². The van der Waals surface area contributed by atoms with Crippen LogP contribution < -0.4 is 0 Å². The minimum atomic E-state index is -0.545. The third kappa shape index (κ3) is 5.85. The third-order valence-corrected chi connectivity index (χ3v) is 6.81. The Kier molecular flexibility index (Phi) is 7.23. The molecule has 2 fully saturated rings. The molecule has 2 aliphatic rings. The first-order valence-electron chi connectivity index (χ1n) is 11.6. The largest absolute Gasteiger partial charge is 0.505 e. The average molecular weight is 425 g/mol. The van der Waals surface area contributed by atoms with E-state index < -0.39 is 5.82 Å². The fourth-order valence-corrected chi connectivity index (χ4v) is 4.83. The van der Waals surface area contributed by atoms with E-state index in [0.717, 1.165) is 64.7 Å². The molecule has 2 heterocycles. The monoisotopic (exact) mass is 424 g/mol. The number of hydrogen-bond donors (Lipinski definition) is 1. The van der Waals surface area contributed by atoms with E-state index in [0.29, 0.717) is 30.4 Å². The Labute approximate surface area is 184 Å². The zero-order chi connectivity index (χ0) is 21.6. The van der Waals surface area contributed by atoms with Crippen LogP contribution in [0, 0.1) is 11.7 Å². The molecule has 31 heavy (non-hydrogen) atoms. The summed E-state index contributed by atoms with van der Waals surface area (Å²) < 4.78 is 13.5. The van der Waals surface area contributed by atoms with Gasteiger partial charge >= 0.3 is 0 Å².